The molecule has 2 aromatic heterocycles. The molecule has 6 heteroatoms. The molecule has 4 nitrogen and oxygen atoms in total. The number of H-pyrrole nitrogens is 1. The Morgan fingerprint density at radius 3 is 3.12 bits per heavy atom. The quantitative estimate of drug-likeness (QED) is 0.860. The normalized spacial score (nSPS) is 13.2. The van der Waals surface area contributed by atoms with Crippen molar-refractivity contribution in [2.45, 2.75) is 19.6 Å². The number of fused-ring (bicyclic) bond motifs is 1. The summed E-state index contributed by atoms with van der Waals surface area (Å²) in [6.07, 6.45) is 1.70. The van der Waals surface area contributed by atoms with Gasteiger partial charge in [0.2, 0.25) is 0 Å². The highest BCUT2D eigenvalue weighted by Gasteiger charge is 2.09. The first-order valence-electron chi connectivity index (χ1n) is 4.88. The van der Waals surface area contributed by atoms with E-state index in [9.17, 15) is 0 Å². The SMILES string of the molecule is COC(C)Cn1c(=S)[nH]c2cc(Cl)cnc21. The first-order valence-corrected chi connectivity index (χ1v) is 5.67. The number of rotatable bonds is 3. The van der Waals surface area contributed by atoms with Crippen molar-refractivity contribution in [3.63, 3.8) is 0 Å². The van der Waals surface area contributed by atoms with E-state index in [0.717, 1.165) is 11.2 Å². The molecule has 2 heterocycles. The minimum Gasteiger partial charge on any atom is -0.380 e. The molecule has 0 aliphatic carbocycles. The van der Waals surface area contributed by atoms with E-state index in [0.29, 0.717) is 16.3 Å². The minimum absolute atomic E-state index is 0.0863. The molecule has 0 radical (unpaired) electrons. The summed E-state index contributed by atoms with van der Waals surface area (Å²) in [4.78, 5) is 7.34. The minimum atomic E-state index is 0.0863. The summed E-state index contributed by atoms with van der Waals surface area (Å²) in [6, 6.07) is 1.81. The van der Waals surface area contributed by atoms with Crippen LogP contribution in [0.25, 0.3) is 11.2 Å². The molecule has 1 unspecified atom stereocenters. The molecule has 2 rings (SSSR count). The molecule has 0 saturated heterocycles. The highest BCUT2D eigenvalue weighted by molar-refractivity contribution is 7.71. The Hall–Kier alpha value is -0.910. The predicted octanol–water partition coefficient (Wildman–Crippen LogP) is 2.78. The number of methoxy groups -OCH3 is 1. The van der Waals surface area contributed by atoms with E-state index in [2.05, 4.69) is 9.97 Å². The topological polar surface area (TPSA) is 42.8 Å². The van der Waals surface area contributed by atoms with E-state index < -0.39 is 0 Å². The number of hydrogen-bond acceptors (Lipinski definition) is 3. The van der Waals surface area contributed by atoms with Crippen LogP contribution in [0.2, 0.25) is 5.02 Å². The monoisotopic (exact) mass is 257 g/mol. The Labute approximate surface area is 103 Å². The molecular formula is C10H12ClN3OS. The molecule has 86 valence electrons. The first kappa shape index (κ1) is 11.6. The maximum Gasteiger partial charge on any atom is 0.179 e. The lowest BCUT2D eigenvalue weighted by Gasteiger charge is -2.10. The van der Waals surface area contributed by atoms with Gasteiger partial charge in [-0.15, -0.1) is 0 Å². The van der Waals surface area contributed by atoms with E-state index in [1.807, 2.05) is 17.6 Å². The third kappa shape index (κ3) is 2.11. The zero-order chi connectivity index (χ0) is 11.7. The van der Waals surface area contributed by atoms with Gasteiger partial charge >= 0.3 is 0 Å². The summed E-state index contributed by atoms with van der Waals surface area (Å²) in [6.45, 7) is 2.65. The van der Waals surface area contributed by atoms with Gasteiger partial charge in [-0.2, -0.15) is 0 Å². The van der Waals surface area contributed by atoms with Crippen molar-refractivity contribution in [3.05, 3.63) is 22.1 Å². The fourth-order valence-electron chi connectivity index (χ4n) is 1.52. The van der Waals surface area contributed by atoms with Gasteiger partial charge < -0.3 is 9.72 Å². The maximum atomic E-state index is 5.86. The van der Waals surface area contributed by atoms with Gasteiger partial charge in [0.15, 0.2) is 10.4 Å². The van der Waals surface area contributed by atoms with E-state index >= 15 is 0 Å². The lowest BCUT2D eigenvalue weighted by molar-refractivity contribution is 0.104. The molecule has 1 N–H and O–H groups in total. The molecule has 0 aliphatic rings. The molecule has 2 aromatic rings. The number of halogens is 1. The molecule has 16 heavy (non-hydrogen) atoms. The molecule has 0 fully saturated rings. The van der Waals surface area contributed by atoms with Crippen LogP contribution < -0.4 is 0 Å². The van der Waals surface area contributed by atoms with Gasteiger partial charge in [-0.05, 0) is 25.2 Å². The first-order chi connectivity index (χ1) is 7.61. The molecule has 0 spiro atoms. The summed E-state index contributed by atoms with van der Waals surface area (Å²) < 4.78 is 7.76. The van der Waals surface area contributed by atoms with Crippen molar-refractivity contribution in [1.29, 1.82) is 0 Å². The summed E-state index contributed by atoms with van der Waals surface area (Å²) in [5.41, 5.74) is 1.65. The lowest BCUT2D eigenvalue weighted by atomic mass is 10.4. The molecule has 0 bridgehead atoms. The molecule has 0 amide bonds. The van der Waals surface area contributed by atoms with Crippen LogP contribution in [0, 0.1) is 4.77 Å². The number of ether oxygens (including phenoxy) is 1. The fraction of sp³-hybridized carbons (Fsp3) is 0.400. The lowest BCUT2D eigenvalue weighted by Crippen LogP contribution is -2.14. The van der Waals surface area contributed by atoms with Crippen molar-refractivity contribution < 1.29 is 4.74 Å². The van der Waals surface area contributed by atoms with Crippen LogP contribution in [0.1, 0.15) is 6.92 Å². The van der Waals surface area contributed by atoms with Crippen molar-refractivity contribution in [2.24, 2.45) is 0 Å². The third-order valence-electron chi connectivity index (χ3n) is 2.42. The third-order valence-corrected chi connectivity index (χ3v) is 2.95. The number of nitrogens with one attached hydrogen (secondary N) is 1. The second kappa shape index (κ2) is 4.53. The summed E-state index contributed by atoms with van der Waals surface area (Å²) >= 11 is 11.1. The number of aromatic amines is 1. The van der Waals surface area contributed by atoms with E-state index in [1.54, 1.807) is 13.3 Å². The van der Waals surface area contributed by atoms with Crippen LogP contribution in [-0.2, 0) is 11.3 Å². The van der Waals surface area contributed by atoms with Gasteiger partial charge in [0.05, 0.1) is 23.2 Å². The van der Waals surface area contributed by atoms with E-state index in [-0.39, 0.29) is 6.10 Å². The van der Waals surface area contributed by atoms with Gasteiger partial charge in [0.1, 0.15) is 0 Å². The molecule has 0 saturated carbocycles. The number of pyridine rings is 1. The van der Waals surface area contributed by atoms with Crippen molar-refractivity contribution in [2.75, 3.05) is 7.11 Å². The van der Waals surface area contributed by atoms with E-state index in [4.69, 9.17) is 28.6 Å². The van der Waals surface area contributed by atoms with Crippen LogP contribution in [0.15, 0.2) is 12.3 Å². The molecule has 0 aromatic carbocycles. The Morgan fingerprint density at radius 2 is 2.44 bits per heavy atom. The second-order valence-corrected chi connectivity index (χ2v) is 4.43. The highest BCUT2D eigenvalue weighted by atomic mass is 35.5. The molecule has 1 atom stereocenters. The fourth-order valence-corrected chi connectivity index (χ4v) is 1.95. The van der Waals surface area contributed by atoms with E-state index in [1.165, 1.54) is 0 Å². The number of hydrogen-bond donors (Lipinski definition) is 1. The Bertz CT molecular complexity index is 563. The average Bonchev–Trinajstić information content (AvgIpc) is 2.54. The predicted molar refractivity (Wildman–Crippen MR) is 66.4 cm³/mol. The standard InChI is InChI=1S/C10H12ClN3OS/c1-6(15-2)5-14-9-8(13-10(14)16)3-7(11)4-12-9/h3-4,6H,5H2,1-2H3,(H,13,16). The van der Waals surface area contributed by atoms with Gasteiger partial charge in [-0.1, -0.05) is 11.6 Å². The number of imidazole rings is 1. The summed E-state index contributed by atoms with van der Waals surface area (Å²) in [5.74, 6) is 0. The van der Waals surface area contributed by atoms with Crippen molar-refractivity contribution in [1.82, 2.24) is 14.5 Å². The zero-order valence-electron chi connectivity index (χ0n) is 9.03. The van der Waals surface area contributed by atoms with Crippen LogP contribution in [0.3, 0.4) is 0 Å². The Morgan fingerprint density at radius 1 is 1.69 bits per heavy atom. The van der Waals surface area contributed by atoms with Crippen LogP contribution in [0.5, 0.6) is 0 Å². The maximum absolute atomic E-state index is 5.86. The van der Waals surface area contributed by atoms with Crippen LogP contribution >= 0.6 is 23.8 Å². The summed E-state index contributed by atoms with van der Waals surface area (Å²) in [5, 5.41) is 0.593. The van der Waals surface area contributed by atoms with Crippen molar-refractivity contribution in [3.8, 4) is 0 Å². The smallest absolute Gasteiger partial charge is 0.179 e. The van der Waals surface area contributed by atoms with Crippen LogP contribution in [-0.4, -0.2) is 27.7 Å². The van der Waals surface area contributed by atoms with Crippen LogP contribution in [0.4, 0.5) is 0 Å². The zero-order valence-corrected chi connectivity index (χ0v) is 10.6. The van der Waals surface area contributed by atoms with Gasteiger partial charge in [-0.3, -0.25) is 4.57 Å². The summed E-state index contributed by atoms with van der Waals surface area (Å²) in [7, 11) is 1.67. The second-order valence-electron chi connectivity index (χ2n) is 3.61. The Kier molecular flexibility index (Phi) is 3.28. The molecular weight excluding hydrogens is 246 g/mol. The average molecular weight is 258 g/mol. The van der Waals surface area contributed by atoms with Gasteiger partial charge in [0.25, 0.3) is 0 Å². The highest BCUT2D eigenvalue weighted by Crippen LogP contribution is 2.16. The number of nitrogens with zero attached hydrogens (tertiary/aromatic N) is 2. The number of aromatic nitrogens is 3. The van der Waals surface area contributed by atoms with Gasteiger partial charge in [-0.25, -0.2) is 4.98 Å². The molecule has 0 aliphatic heterocycles. The van der Waals surface area contributed by atoms with Crippen molar-refractivity contribution >= 4 is 35.0 Å². The van der Waals surface area contributed by atoms with Gasteiger partial charge in [0, 0.05) is 13.3 Å². The largest absolute Gasteiger partial charge is 0.380 e. The Balaban J connectivity index is 2.52.